The van der Waals surface area contributed by atoms with Crippen molar-refractivity contribution in [3.63, 3.8) is 0 Å². The molecule has 3 aromatic rings. The van der Waals surface area contributed by atoms with Crippen molar-refractivity contribution in [3.8, 4) is 0 Å². The van der Waals surface area contributed by atoms with Crippen LogP contribution >= 0.6 is 0 Å². The second kappa shape index (κ2) is 10.9. The molecule has 2 N–H and O–H groups in total. The summed E-state index contributed by atoms with van der Waals surface area (Å²) in [5, 5.41) is 5.93. The number of halogens is 3. The summed E-state index contributed by atoms with van der Waals surface area (Å²) >= 11 is 0. The van der Waals surface area contributed by atoms with Gasteiger partial charge < -0.3 is 10.6 Å². The molecule has 1 saturated carbocycles. The molecule has 1 aliphatic rings. The molecule has 1 aromatic heterocycles. The highest BCUT2D eigenvalue weighted by molar-refractivity contribution is 5.63. The minimum atomic E-state index is -4.57. The fourth-order valence-electron chi connectivity index (χ4n) is 4.47. The van der Waals surface area contributed by atoms with Gasteiger partial charge >= 0.3 is 6.18 Å². The number of benzene rings is 2. The van der Waals surface area contributed by atoms with Crippen molar-refractivity contribution >= 4 is 23.1 Å². The maximum atomic E-state index is 13.7. The van der Waals surface area contributed by atoms with E-state index in [2.05, 4.69) is 27.5 Å². The minimum absolute atomic E-state index is 0.112. The highest BCUT2D eigenvalue weighted by Crippen LogP contribution is 2.37. The van der Waals surface area contributed by atoms with E-state index in [0.717, 1.165) is 43.1 Å². The molecule has 1 fully saturated rings. The predicted molar refractivity (Wildman–Crippen MR) is 131 cm³/mol. The summed E-state index contributed by atoms with van der Waals surface area (Å²) in [5.41, 5.74) is 2.82. The lowest BCUT2D eigenvalue weighted by Gasteiger charge is -2.16. The van der Waals surface area contributed by atoms with Gasteiger partial charge in [-0.15, -0.1) is 0 Å². The molecule has 0 unspecified atom stereocenters. The molecule has 34 heavy (non-hydrogen) atoms. The SMILES string of the molecule is CCCCCc1ccc(Nc2ncc(C(F)(F)F)c(Nc3cccc(C4CCCC4)c3)n2)cc1. The number of unbranched alkanes of at least 4 members (excludes halogenated alkanes) is 2. The molecule has 7 heteroatoms. The van der Waals surface area contributed by atoms with Gasteiger partial charge in [0, 0.05) is 17.6 Å². The van der Waals surface area contributed by atoms with Crippen LogP contribution in [-0.2, 0) is 12.6 Å². The molecule has 1 heterocycles. The summed E-state index contributed by atoms with van der Waals surface area (Å²) in [7, 11) is 0. The Kier molecular flexibility index (Phi) is 7.70. The van der Waals surface area contributed by atoms with Gasteiger partial charge in [-0.05, 0) is 67.0 Å². The molecule has 1 aliphatic carbocycles. The molecule has 0 saturated heterocycles. The van der Waals surface area contributed by atoms with E-state index in [9.17, 15) is 13.2 Å². The van der Waals surface area contributed by atoms with Crippen LogP contribution in [0, 0.1) is 0 Å². The molecular weight excluding hydrogens is 437 g/mol. The fraction of sp³-hybridized carbons (Fsp3) is 0.407. The van der Waals surface area contributed by atoms with Crippen molar-refractivity contribution in [2.75, 3.05) is 10.6 Å². The lowest BCUT2D eigenvalue weighted by molar-refractivity contribution is -0.137. The van der Waals surface area contributed by atoms with Gasteiger partial charge in [0.1, 0.15) is 11.4 Å². The van der Waals surface area contributed by atoms with Gasteiger partial charge in [0.05, 0.1) is 0 Å². The zero-order valence-electron chi connectivity index (χ0n) is 19.5. The number of nitrogens with zero attached hydrogens (tertiary/aromatic N) is 2. The summed E-state index contributed by atoms with van der Waals surface area (Å²) < 4.78 is 41.0. The van der Waals surface area contributed by atoms with E-state index >= 15 is 0 Å². The molecule has 0 spiro atoms. The summed E-state index contributed by atoms with van der Waals surface area (Å²) in [4.78, 5) is 8.11. The molecule has 0 amide bonds. The Morgan fingerprint density at radius 3 is 2.41 bits per heavy atom. The van der Waals surface area contributed by atoms with Crippen molar-refractivity contribution in [1.82, 2.24) is 9.97 Å². The Bertz CT molecular complexity index is 1070. The van der Waals surface area contributed by atoms with Crippen molar-refractivity contribution in [2.24, 2.45) is 0 Å². The molecule has 0 aliphatic heterocycles. The van der Waals surface area contributed by atoms with Gasteiger partial charge in [-0.2, -0.15) is 18.2 Å². The van der Waals surface area contributed by atoms with Crippen LogP contribution in [0.4, 0.5) is 36.3 Å². The first-order chi connectivity index (χ1) is 16.4. The van der Waals surface area contributed by atoms with Crippen LogP contribution in [0.1, 0.15) is 74.5 Å². The van der Waals surface area contributed by atoms with Gasteiger partial charge in [0.15, 0.2) is 0 Å². The second-order valence-electron chi connectivity index (χ2n) is 8.96. The highest BCUT2D eigenvalue weighted by Gasteiger charge is 2.35. The molecule has 4 rings (SSSR count). The maximum absolute atomic E-state index is 13.7. The van der Waals surface area contributed by atoms with Crippen LogP contribution in [0.5, 0.6) is 0 Å². The molecule has 0 radical (unpaired) electrons. The normalized spacial score (nSPS) is 14.4. The van der Waals surface area contributed by atoms with E-state index in [4.69, 9.17) is 0 Å². The van der Waals surface area contributed by atoms with Crippen LogP contribution in [0.15, 0.2) is 54.7 Å². The van der Waals surface area contributed by atoms with Gasteiger partial charge in [-0.1, -0.05) is 56.9 Å². The number of aromatic nitrogens is 2. The highest BCUT2D eigenvalue weighted by atomic mass is 19.4. The van der Waals surface area contributed by atoms with E-state index in [1.165, 1.54) is 31.2 Å². The lowest BCUT2D eigenvalue weighted by Crippen LogP contribution is -2.12. The minimum Gasteiger partial charge on any atom is -0.340 e. The number of hydrogen-bond donors (Lipinski definition) is 2. The molecule has 180 valence electrons. The summed E-state index contributed by atoms with van der Waals surface area (Å²) in [5.74, 6) is 0.322. The van der Waals surface area contributed by atoms with E-state index in [-0.39, 0.29) is 11.8 Å². The first kappa shape index (κ1) is 24.0. The van der Waals surface area contributed by atoms with Crippen molar-refractivity contribution in [2.45, 2.75) is 70.4 Å². The number of aryl methyl sites for hydroxylation is 1. The summed E-state index contributed by atoms with van der Waals surface area (Å²) in [6.45, 7) is 2.17. The average Bonchev–Trinajstić information content (AvgIpc) is 3.35. The third-order valence-electron chi connectivity index (χ3n) is 6.35. The van der Waals surface area contributed by atoms with Gasteiger partial charge in [-0.25, -0.2) is 4.98 Å². The van der Waals surface area contributed by atoms with E-state index in [1.807, 2.05) is 42.5 Å². The molecule has 0 bridgehead atoms. The summed E-state index contributed by atoms with van der Waals surface area (Å²) in [6.07, 6.45) is 5.42. The number of alkyl halides is 3. The smallest absolute Gasteiger partial charge is 0.340 e. The first-order valence-electron chi connectivity index (χ1n) is 12.1. The zero-order valence-corrected chi connectivity index (χ0v) is 19.5. The van der Waals surface area contributed by atoms with Crippen molar-refractivity contribution < 1.29 is 13.2 Å². The van der Waals surface area contributed by atoms with Crippen LogP contribution < -0.4 is 10.6 Å². The largest absolute Gasteiger partial charge is 0.421 e. The maximum Gasteiger partial charge on any atom is 0.421 e. The Balaban J connectivity index is 1.53. The van der Waals surface area contributed by atoms with Crippen molar-refractivity contribution in [1.29, 1.82) is 0 Å². The Morgan fingerprint density at radius 1 is 0.941 bits per heavy atom. The Hall–Kier alpha value is -3.09. The number of anilines is 4. The Morgan fingerprint density at radius 2 is 1.71 bits per heavy atom. The zero-order chi connectivity index (χ0) is 24.0. The second-order valence-corrected chi connectivity index (χ2v) is 8.96. The number of rotatable bonds is 9. The van der Waals surface area contributed by atoms with Gasteiger partial charge in [0.25, 0.3) is 0 Å². The van der Waals surface area contributed by atoms with E-state index < -0.39 is 11.7 Å². The van der Waals surface area contributed by atoms with Gasteiger partial charge in [0.2, 0.25) is 5.95 Å². The van der Waals surface area contributed by atoms with Gasteiger partial charge in [-0.3, -0.25) is 0 Å². The van der Waals surface area contributed by atoms with Crippen LogP contribution in [0.2, 0.25) is 0 Å². The fourth-order valence-corrected chi connectivity index (χ4v) is 4.47. The quantitative estimate of drug-likeness (QED) is 0.310. The standard InChI is InChI=1S/C27H31F3N4/c1-2-3-4-8-19-13-15-22(16-14-19)33-26-31-18-24(27(28,29)30)25(34-26)32-23-12-7-11-21(17-23)20-9-5-6-10-20/h7,11-18,20H,2-6,8-10H2,1H3,(H2,31,32,33,34). The topological polar surface area (TPSA) is 49.8 Å². The van der Waals surface area contributed by atoms with E-state index in [0.29, 0.717) is 11.6 Å². The summed E-state index contributed by atoms with van der Waals surface area (Å²) in [6, 6.07) is 15.5. The van der Waals surface area contributed by atoms with Crippen molar-refractivity contribution in [3.05, 3.63) is 71.4 Å². The van der Waals surface area contributed by atoms with E-state index in [1.54, 1.807) is 6.07 Å². The molecule has 2 aromatic carbocycles. The van der Waals surface area contributed by atoms with Crippen LogP contribution in [0.25, 0.3) is 0 Å². The monoisotopic (exact) mass is 468 g/mol. The number of nitrogens with one attached hydrogen (secondary N) is 2. The average molecular weight is 469 g/mol. The number of hydrogen-bond acceptors (Lipinski definition) is 4. The Labute approximate surface area is 199 Å². The first-order valence-corrected chi connectivity index (χ1v) is 12.1. The van der Waals surface area contributed by atoms with Crippen LogP contribution in [-0.4, -0.2) is 9.97 Å². The van der Waals surface area contributed by atoms with Crippen LogP contribution in [0.3, 0.4) is 0 Å². The molecule has 4 nitrogen and oxygen atoms in total. The predicted octanol–water partition coefficient (Wildman–Crippen LogP) is 8.37. The lowest BCUT2D eigenvalue weighted by atomic mass is 9.97. The third-order valence-corrected chi connectivity index (χ3v) is 6.35. The molecule has 0 atom stereocenters. The third kappa shape index (κ3) is 6.27. The molecular formula is C27H31F3N4.